The second kappa shape index (κ2) is 6.18. The molecule has 1 aromatic heterocycles. The van der Waals surface area contributed by atoms with E-state index in [1.807, 2.05) is 19.1 Å². The molecular weight excluding hydrogens is 250 g/mol. The molecule has 20 heavy (non-hydrogen) atoms. The molecule has 2 atom stereocenters. The van der Waals surface area contributed by atoms with Gasteiger partial charge in [0.2, 0.25) is 11.7 Å². The highest BCUT2D eigenvalue weighted by Gasteiger charge is 2.20. The Balaban J connectivity index is 2.20. The average Bonchev–Trinajstić information content (AvgIpc) is 2.95. The van der Waals surface area contributed by atoms with Gasteiger partial charge in [-0.25, -0.2) is 0 Å². The van der Waals surface area contributed by atoms with E-state index in [1.165, 1.54) is 5.56 Å². The Kier molecular flexibility index (Phi) is 4.55. The summed E-state index contributed by atoms with van der Waals surface area (Å²) in [4.78, 5) is 4.47. The van der Waals surface area contributed by atoms with Gasteiger partial charge in [-0.05, 0) is 17.9 Å². The molecule has 2 aromatic rings. The number of aromatic nitrogens is 2. The zero-order chi connectivity index (χ0) is 14.7. The Hall–Kier alpha value is -1.68. The fourth-order valence-corrected chi connectivity index (χ4v) is 2.09. The summed E-state index contributed by atoms with van der Waals surface area (Å²) in [6.07, 6.45) is 0.891. The number of hydrogen-bond donors (Lipinski definition) is 1. The number of nitrogens with zero attached hydrogens (tertiary/aromatic N) is 2. The molecule has 1 heterocycles. The summed E-state index contributed by atoms with van der Waals surface area (Å²) >= 11 is 0. The summed E-state index contributed by atoms with van der Waals surface area (Å²) in [5, 5.41) is 4.06. The van der Waals surface area contributed by atoms with Crippen LogP contribution >= 0.6 is 0 Å². The predicted molar refractivity (Wildman–Crippen MR) is 80.5 cm³/mol. The van der Waals surface area contributed by atoms with E-state index in [1.54, 1.807) is 0 Å². The van der Waals surface area contributed by atoms with Crippen LogP contribution in [0, 0.1) is 0 Å². The monoisotopic (exact) mass is 273 g/mol. The maximum Gasteiger partial charge on any atom is 0.231 e. The van der Waals surface area contributed by atoms with Crippen molar-refractivity contribution < 1.29 is 4.52 Å². The van der Waals surface area contributed by atoms with E-state index in [0.717, 1.165) is 12.0 Å². The molecule has 0 saturated heterocycles. The van der Waals surface area contributed by atoms with Gasteiger partial charge in [0.15, 0.2) is 0 Å². The van der Waals surface area contributed by atoms with E-state index in [9.17, 15) is 0 Å². The highest BCUT2D eigenvalue weighted by atomic mass is 16.5. The Morgan fingerprint density at radius 3 is 2.35 bits per heavy atom. The summed E-state index contributed by atoms with van der Waals surface area (Å²) in [6, 6.07) is 8.34. The van der Waals surface area contributed by atoms with E-state index in [4.69, 9.17) is 10.3 Å². The van der Waals surface area contributed by atoms with Gasteiger partial charge in [-0.3, -0.25) is 0 Å². The number of benzene rings is 1. The number of nitrogens with two attached hydrogens (primary N) is 1. The second-order valence-corrected chi connectivity index (χ2v) is 5.59. The standard InChI is InChI=1S/C16H23N3O/c1-5-14(17)11(4)16-18-15(19-20-16)13-8-6-12(7-9-13)10(2)3/h6-11,14H,5,17H2,1-4H3. The summed E-state index contributed by atoms with van der Waals surface area (Å²) in [7, 11) is 0. The summed E-state index contributed by atoms with van der Waals surface area (Å²) in [6.45, 7) is 8.43. The summed E-state index contributed by atoms with van der Waals surface area (Å²) < 4.78 is 5.34. The first kappa shape index (κ1) is 14.7. The van der Waals surface area contributed by atoms with Gasteiger partial charge in [0.05, 0.1) is 5.92 Å². The first-order valence-electron chi connectivity index (χ1n) is 7.22. The van der Waals surface area contributed by atoms with Crippen LogP contribution in [0.3, 0.4) is 0 Å². The Morgan fingerprint density at radius 1 is 1.15 bits per heavy atom. The minimum atomic E-state index is 0.0478. The summed E-state index contributed by atoms with van der Waals surface area (Å²) in [5.41, 5.74) is 8.30. The first-order chi connectivity index (χ1) is 9.52. The fraction of sp³-hybridized carbons (Fsp3) is 0.500. The maximum atomic E-state index is 6.02. The van der Waals surface area contributed by atoms with Gasteiger partial charge in [0.1, 0.15) is 0 Å². The molecule has 0 saturated carbocycles. The third-order valence-corrected chi connectivity index (χ3v) is 3.78. The zero-order valence-electron chi connectivity index (χ0n) is 12.6. The number of rotatable bonds is 5. The van der Waals surface area contributed by atoms with Crippen molar-refractivity contribution in [3.8, 4) is 11.4 Å². The first-order valence-corrected chi connectivity index (χ1v) is 7.22. The van der Waals surface area contributed by atoms with Crippen LogP contribution in [0.2, 0.25) is 0 Å². The Bertz CT molecular complexity index is 545. The SMILES string of the molecule is CCC(N)C(C)c1nc(-c2ccc(C(C)C)cc2)no1. The lowest BCUT2D eigenvalue weighted by atomic mass is 10.0. The van der Waals surface area contributed by atoms with E-state index in [0.29, 0.717) is 17.6 Å². The molecule has 0 bridgehead atoms. The fourth-order valence-electron chi connectivity index (χ4n) is 2.09. The van der Waals surface area contributed by atoms with Gasteiger partial charge in [-0.1, -0.05) is 57.1 Å². The van der Waals surface area contributed by atoms with E-state index in [2.05, 4.69) is 43.0 Å². The molecule has 0 fully saturated rings. The number of hydrogen-bond acceptors (Lipinski definition) is 4. The third kappa shape index (κ3) is 3.07. The molecule has 0 aliphatic rings. The van der Waals surface area contributed by atoms with Crippen LogP contribution in [-0.2, 0) is 0 Å². The highest BCUT2D eigenvalue weighted by Crippen LogP contribution is 2.23. The molecule has 0 amide bonds. The van der Waals surface area contributed by atoms with Crippen molar-refractivity contribution in [2.75, 3.05) is 0 Å². The normalized spacial score (nSPS) is 14.5. The topological polar surface area (TPSA) is 64.9 Å². The lowest BCUT2D eigenvalue weighted by Crippen LogP contribution is -2.25. The van der Waals surface area contributed by atoms with Crippen LogP contribution in [-0.4, -0.2) is 16.2 Å². The Labute approximate surface area is 120 Å². The van der Waals surface area contributed by atoms with Crippen LogP contribution < -0.4 is 5.73 Å². The lowest BCUT2D eigenvalue weighted by Gasteiger charge is -2.13. The minimum absolute atomic E-state index is 0.0478. The molecule has 0 aliphatic heterocycles. The van der Waals surface area contributed by atoms with Gasteiger partial charge in [-0.2, -0.15) is 4.98 Å². The Morgan fingerprint density at radius 2 is 1.80 bits per heavy atom. The van der Waals surface area contributed by atoms with Crippen LogP contribution in [0.1, 0.15) is 57.4 Å². The third-order valence-electron chi connectivity index (χ3n) is 3.78. The average molecular weight is 273 g/mol. The molecule has 2 unspecified atom stereocenters. The van der Waals surface area contributed by atoms with Crippen molar-refractivity contribution >= 4 is 0 Å². The summed E-state index contributed by atoms with van der Waals surface area (Å²) in [5.74, 6) is 1.84. The van der Waals surface area contributed by atoms with Crippen LogP contribution in [0.15, 0.2) is 28.8 Å². The van der Waals surface area contributed by atoms with Crippen molar-refractivity contribution in [3.63, 3.8) is 0 Å². The van der Waals surface area contributed by atoms with Crippen molar-refractivity contribution in [3.05, 3.63) is 35.7 Å². The predicted octanol–water partition coefficient (Wildman–Crippen LogP) is 3.70. The molecule has 0 aliphatic carbocycles. The second-order valence-electron chi connectivity index (χ2n) is 5.59. The van der Waals surface area contributed by atoms with Gasteiger partial charge < -0.3 is 10.3 Å². The minimum Gasteiger partial charge on any atom is -0.339 e. The quantitative estimate of drug-likeness (QED) is 0.902. The smallest absolute Gasteiger partial charge is 0.231 e. The van der Waals surface area contributed by atoms with Gasteiger partial charge in [0.25, 0.3) is 0 Å². The zero-order valence-corrected chi connectivity index (χ0v) is 12.6. The highest BCUT2D eigenvalue weighted by molar-refractivity contribution is 5.54. The van der Waals surface area contributed by atoms with E-state index in [-0.39, 0.29) is 12.0 Å². The van der Waals surface area contributed by atoms with Gasteiger partial charge in [-0.15, -0.1) is 0 Å². The maximum absolute atomic E-state index is 6.02. The van der Waals surface area contributed by atoms with Gasteiger partial charge in [0, 0.05) is 11.6 Å². The van der Waals surface area contributed by atoms with Crippen molar-refractivity contribution in [1.82, 2.24) is 10.1 Å². The molecule has 4 nitrogen and oxygen atoms in total. The van der Waals surface area contributed by atoms with Crippen LogP contribution in [0.4, 0.5) is 0 Å². The molecular formula is C16H23N3O. The van der Waals surface area contributed by atoms with Crippen molar-refractivity contribution in [1.29, 1.82) is 0 Å². The van der Waals surface area contributed by atoms with E-state index < -0.39 is 0 Å². The van der Waals surface area contributed by atoms with Crippen molar-refractivity contribution in [2.45, 2.75) is 52.0 Å². The molecule has 0 radical (unpaired) electrons. The van der Waals surface area contributed by atoms with Crippen LogP contribution in [0.5, 0.6) is 0 Å². The molecule has 108 valence electrons. The molecule has 4 heteroatoms. The van der Waals surface area contributed by atoms with Gasteiger partial charge >= 0.3 is 0 Å². The molecule has 0 spiro atoms. The van der Waals surface area contributed by atoms with E-state index >= 15 is 0 Å². The lowest BCUT2D eigenvalue weighted by molar-refractivity contribution is 0.340. The van der Waals surface area contributed by atoms with Crippen molar-refractivity contribution in [2.24, 2.45) is 5.73 Å². The largest absolute Gasteiger partial charge is 0.339 e. The van der Waals surface area contributed by atoms with Crippen LogP contribution in [0.25, 0.3) is 11.4 Å². The molecule has 1 aromatic carbocycles. The molecule has 2 N–H and O–H groups in total. The molecule has 2 rings (SSSR count).